The smallest absolute Gasteiger partial charge is 0.0365 e. The SMILES string of the molecule is C=CCCN(C)c1ccc(N(C)C)cc1. The zero-order valence-corrected chi connectivity index (χ0v) is 9.90. The van der Waals surface area contributed by atoms with Crippen molar-refractivity contribution in [3.05, 3.63) is 36.9 Å². The lowest BCUT2D eigenvalue weighted by molar-refractivity contribution is 0.900. The van der Waals surface area contributed by atoms with Gasteiger partial charge in [0, 0.05) is 39.1 Å². The molecule has 0 saturated heterocycles. The van der Waals surface area contributed by atoms with Gasteiger partial charge in [-0.3, -0.25) is 0 Å². The molecule has 0 saturated carbocycles. The number of benzene rings is 1. The second-order valence-electron chi connectivity index (χ2n) is 3.91. The zero-order chi connectivity index (χ0) is 11.3. The molecule has 0 aliphatic rings. The second kappa shape index (κ2) is 5.44. The van der Waals surface area contributed by atoms with E-state index in [-0.39, 0.29) is 0 Å². The lowest BCUT2D eigenvalue weighted by Crippen LogP contribution is -2.18. The summed E-state index contributed by atoms with van der Waals surface area (Å²) in [6.45, 7) is 4.75. The zero-order valence-electron chi connectivity index (χ0n) is 9.90. The van der Waals surface area contributed by atoms with E-state index in [9.17, 15) is 0 Å². The van der Waals surface area contributed by atoms with Crippen LogP contribution in [0.5, 0.6) is 0 Å². The molecule has 0 aromatic heterocycles. The van der Waals surface area contributed by atoms with Gasteiger partial charge in [0.25, 0.3) is 0 Å². The van der Waals surface area contributed by atoms with Gasteiger partial charge in [-0.15, -0.1) is 6.58 Å². The van der Waals surface area contributed by atoms with Crippen LogP contribution in [0.25, 0.3) is 0 Å². The highest BCUT2D eigenvalue weighted by Crippen LogP contribution is 2.18. The third-order valence-electron chi connectivity index (χ3n) is 2.48. The fraction of sp³-hybridized carbons (Fsp3) is 0.385. The summed E-state index contributed by atoms with van der Waals surface area (Å²) in [5.41, 5.74) is 2.48. The summed E-state index contributed by atoms with van der Waals surface area (Å²) in [5, 5.41) is 0. The first-order valence-corrected chi connectivity index (χ1v) is 5.24. The van der Waals surface area contributed by atoms with E-state index < -0.39 is 0 Å². The molecule has 0 aliphatic heterocycles. The van der Waals surface area contributed by atoms with Gasteiger partial charge in [-0.25, -0.2) is 0 Å². The third-order valence-corrected chi connectivity index (χ3v) is 2.48. The fourth-order valence-electron chi connectivity index (χ4n) is 1.42. The Morgan fingerprint density at radius 2 is 1.60 bits per heavy atom. The van der Waals surface area contributed by atoms with E-state index in [1.807, 2.05) is 6.08 Å². The predicted octanol–water partition coefficient (Wildman–Crippen LogP) is 2.76. The van der Waals surface area contributed by atoms with Gasteiger partial charge in [-0.1, -0.05) is 6.08 Å². The minimum atomic E-state index is 1.02. The summed E-state index contributed by atoms with van der Waals surface area (Å²) >= 11 is 0. The highest BCUT2D eigenvalue weighted by molar-refractivity contribution is 5.55. The molecule has 15 heavy (non-hydrogen) atoms. The van der Waals surface area contributed by atoms with Crippen LogP contribution in [0.2, 0.25) is 0 Å². The van der Waals surface area contributed by atoms with E-state index in [1.165, 1.54) is 11.4 Å². The molecular weight excluding hydrogens is 184 g/mol. The van der Waals surface area contributed by atoms with E-state index in [1.54, 1.807) is 0 Å². The second-order valence-corrected chi connectivity index (χ2v) is 3.91. The molecule has 0 amide bonds. The molecule has 0 aliphatic carbocycles. The van der Waals surface area contributed by atoms with Crippen molar-refractivity contribution >= 4 is 11.4 Å². The summed E-state index contributed by atoms with van der Waals surface area (Å²) in [7, 11) is 6.21. The van der Waals surface area contributed by atoms with Gasteiger partial charge in [-0.2, -0.15) is 0 Å². The highest BCUT2D eigenvalue weighted by Gasteiger charge is 2.00. The third kappa shape index (κ3) is 3.31. The van der Waals surface area contributed by atoms with Crippen molar-refractivity contribution < 1.29 is 0 Å². The molecule has 1 aromatic carbocycles. The van der Waals surface area contributed by atoms with E-state index in [4.69, 9.17) is 0 Å². The number of hydrogen-bond acceptors (Lipinski definition) is 2. The normalized spacial score (nSPS) is 9.80. The Bertz CT molecular complexity index is 301. The lowest BCUT2D eigenvalue weighted by atomic mass is 10.2. The Hall–Kier alpha value is -1.44. The molecule has 0 heterocycles. The summed E-state index contributed by atoms with van der Waals surface area (Å²) in [5.74, 6) is 0. The van der Waals surface area contributed by atoms with Crippen molar-refractivity contribution in [1.82, 2.24) is 0 Å². The Labute approximate surface area is 92.8 Å². The molecule has 0 radical (unpaired) electrons. The van der Waals surface area contributed by atoms with Gasteiger partial charge in [0.2, 0.25) is 0 Å². The summed E-state index contributed by atoms with van der Waals surface area (Å²) in [6.07, 6.45) is 2.97. The average Bonchev–Trinajstić information content (AvgIpc) is 2.26. The van der Waals surface area contributed by atoms with Gasteiger partial charge in [0.15, 0.2) is 0 Å². The Morgan fingerprint density at radius 3 is 2.07 bits per heavy atom. The fourth-order valence-corrected chi connectivity index (χ4v) is 1.42. The van der Waals surface area contributed by atoms with Gasteiger partial charge >= 0.3 is 0 Å². The van der Waals surface area contributed by atoms with Crippen LogP contribution in [0.4, 0.5) is 11.4 Å². The number of hydrogen-bond donors (Lipinski definition) is 0. The standard InChI is InChI=1S/C13H20N2/c1-5-6-11-15(4)13-9-7-12(8-10-13)14(2)3/h5,7-10H,1,6,11H2,2-4H3. The monoisotopic (exact) mass is 204 g/mol. The van der Waals surface area contributed by atoms with E-state index in [2.05, 4.69) is 61.8 Å². The van der Waals surface area contributed by atoms with Gasteiger partial charge in [-0.05, 0) is 30.7 Å². The van der Waals surface area contributed by atoms with Crippen LogP contribution in [-0.2, 0) is 0 Å². The lowest BCUT2D eigenvalue weighted by Gasteiger charge is -2.20. The van der Waals surface area contributed by atoms with Crippen LogP contribution in [-0.4, -0.2) is 27.7 Å². The first-order chi connectivity index (χ1) is 7.15. The van der Waals surface area contributed by atoms with Crippen LogP contribution in [0.15, 0.2) is 36.9 Å². The molecule has 2 heteroatoms. The van der Waals surface area contributed by atoms with Crippen molar-refractivity contribution in [3.63, 3.8) is 0 Å². The van der Waals surface area contributed by atoms with Gasteiger partial charge in [0.1, 0.15) is 0 Å². The van der Waals surface area contributed by atoms with Gasteiger partial charge < -0.3 is 9.80 Å². The molecule has 0 fully saturated rings. The van der Waals surface area contributed by atoms with E-state index >= 15 is 0 Å². The van der Waals surface area contributed by atoms with Crippen LogP contribution >= 0.6 is 0 Å². The number of anilines is 2. The van der Waals surface area contributed by atoms with Crippen molar-refractivity contribution in [2.24, 2.45) is 0 Å². The molecule has 0 bridgehead atoms. The maximum absolute atomic E-state index is 3.73. The summed E-state index contributed by atoms with van der Waals surface area (Å²) in [4.78, 5) is 4.34. The largest absolute Gasteiger partial charge is 0.378 e. The summed E-state index contributed by atoms with van der Waals surface area (Å²) < 4.78 is 0. The number of nitrogens with zero attached hydrogens (tertiary/aromatic N) is 2. The first-order valence-electron chi connectivity index (χ1n) is 5.24. The molecule has 0 spiro atoms. The maximum atomic E-state index is 3.73. The van der Waals surface area contributed by atoms with Crippen LogP contribution in [0.1, 0.15) is 6.42 Å². The molecule has 82 valence electrons. The molecule has 0 N–H and O–H groups in total. The molecule has 2 nitrogen and oxygen atoms in total. The predicted molar refractivity (Wildman–Crippen MR) is 68.9 cm³/mol. The number of rotatable bonds is 5. The van der Waals surface area contributed by atoms with Crippen LogP contribution in [0.3, 0.4) is 0 Å². The van der Waals surface area contributed by atoms with E-state index in [0.717, 1.165) is 13.0 Å². The Morgan fingerprint density at radius 1 is 1.07 bits per heavy atom. The minimum absolute atomic E-state index is 1.02. The maximum Gasteiger partial charge on any atom is 0.0365 e. The van der Waals surface area contributed by atoms with Crippen molar-refractivity contribution in [2.75, 3.05) is 37.5 Å². The molecule has 0 unspecified atom stereocenters. The van der Waals surface area contributed by atoms with Crippen molar-refractivity contribution in [1.29, 1.82) is 0 Å². The van der Waals surface area contributed by atoms with Crippen molar-refractivity contribution in [3.8, 4) is 0 Å². The Balaban J connectivity index is 2.66. The summed E-state index contributed by atoms with van der Waals surface area (Å²) in [6, 6.07) is 8.58. The Kier molecular flexibility index (Phi) is 4.22. The highest BCUT2D eigenvalue weighted by atomic mass is 15.1. The molecule has 0 atom stereocenters. The topological polar surface area (TPSA) is 6.48 Å². The van der Waals surface area contributed by atoms with Crippen LogP contribution in [0, 0.1) is 0 Å². The van der Waals surface area contributed by atoms with Gasteiger partial charge in [0.05, 0.1) is 0 Å². The van der Waals surface area contributed by atoms with E-state index in [0.29, 0.717) is 0 Å². The first kappa shape index (κ1) is 11.6. The van der Waals surface area contributed by atoms with Crippen LogP contribution < -0.4 is 9.80 Å². The quantitative estimate of drug-likeness (QED) is 0.680. The molecule has 1 aromatic rings. The average molecular weight is 204 g/mol. The van der Waals surface area contributed by atoms with Crippen molar-refractivity contribution in [2.45, 2.75) is 6.42 Å². The molecular formula is C13H20N2. The minimum Gasteiger partial charge on any atom is -0.378 e. The molecule has 1 rings (SSSR count).